The number of aromatic nitrogens is 2. The van der Waals surface area contributed by atoms with Crippen molar-refractivity contribution in [3.63, 3.8) is 0 Å². The summed E-state index contributed by atoms with van der Waals surface area (Å²) in [6.07, 6.45) is 0. The first-order valence-corrected chi connectivity index (χ1v) is 17.3. The van der Waals surface area contributed by atoms with Gasteiger partial charge in [0.25, 0.3) is 0 Å². The summed E-state index contributed by atoms with van der Waals surface area (Å²) in [7, 11) is 0. The number of hydrogen-bond donors (Lipinski definition) is 0. The van der Waals surface area contributed by atoms with Gasteiger partial charge in [-0.2, -0.15) is 0 Å². The Balaban J connectivity index is 1.19. The van der Waals surface area contributed by atoms with Gasteiger partial charge in [-0.15, -0.1) is 0 Å². The largest absolute Gasteiger partial charge is 0.456 e. The Bertz CT molecular complexity index is 3130. The van der Waals surface area contributed by atoms with E-state index in [1.54, 1.807) is 0 Å². The molecular formula is C48H28N2O. The zero-order valence-electron chi connectivity index (χ0n) is 27.5. The quantitative estimate of drug-likeness (QED) is 0.178. The molecule has 0 aliphatic rings. The molecule has 51 heavy (non-hydrogen) atoms. The molecule has 0 fully saturated rings. The Morgan fingerprint density at radius 2 is 1.06 bits per heavy atom. The zero-order chi connectivity index (χ0) is 33.5. The van der Waals surface area contributed by atoms with Crippen molar-refractivity contribution in [3.8, 4) is 44.9 Å². The maximum Gasteiger partial charge on any atom is 0.160 e. The Morgan fingerprint density at radius 1 is 0.353 bits per heavy atom. The highest BCUT2D eigenvalue weighted by molar-refractivity contribution is 6.35. The van der Waals surface area contributed by atoms with Crippen molar-refractivity contribution in [3.05, 3.63) is 170 Å². The summed E-state index contributed by atoms with van der Waals surface area (Å²) in [6.45, 7) is 0. The van der Waals surface area contributed by atoms with Crippen LogP contribution in [0.5, 0.6) is 0 Å². The Morgan fingerprint density at radius 3 is 1.94 bits per heavy atom. The second kappa shape index (κ2) is 10.8. The van der Waals surface area contributed by atoms with E-state index in [1.807, 2.05) is 6.07 Å². The molecule has 2 aromatic heterocycles. The fourth-order valence-electron chi connectivity index (χ4n) is 8.08. The molecule has 236 valence electrons. The predicted molar refractivity (Wildman–Crippen MR) is 212 cm³/mol. The van der Waals surface area contributed by atoms with Crippen molar-refractivity contribution >= 4 is 65.2 Å². The molecule has 2 heterocycles. The third-order valence-electron chi connectivity index (χ3n) is 10.4. The van der Waals surface area contributed by atoms with Gasteiger partial charge in [0.15, 0.2) is 5.82 Å². The fourth-order valence-corrected chi connectivity index (χ4v) is 8.08. The van der Waals surface area contributed by atoms with Crippen molar-refractivity contribution in [2.75, 3.05) is 0 Å². The minimum absolute atomic E-state index is 0.706. The molecule has 0 atom stereocenters. The lowest BCUT2D eigenvalue weighted by Crippen LogP contribution is -1.96. The third kappa shape index (κ3) is 4.25. The standard InChI is InChI=1S/C48H28N2O/c1-3-11-29(12-4-1)32-22-23-37-38-19-10-20-41-44(38)45-42(51-41)26-25-35(43(45)40(37)28-32)33-16-9-17-34(27-33)48-49-46(31-14-5-2-6-15-31)39-24-21-30-13-7-8-18-36(30)47(39)50-48/h1-28H. The summed E-state index contributed by atoms with van der Waals surface area (Å²) in [5, 5.41) is 10.5. The number of nitrogens with zero attached hydrogens (tertiary/aromatic N) is 2. The number of hydrogen-bond acceptors (Lipinski definition) is 3. The molecule has 0 saturated carbocycles. The number of rotatable bonds is 4. The molecule has 0 radical (unpaired) electrons. The monoisotopic (exact) mass is 648 g/mol. The number of fused-ring (bicyclic) bond motifs is 6. The van der Waals surface area contributed by atoms with Gasteiger partial charge in [-0.05, 0) is 74.1 Å². The van der Waals surface area contributed by atoms with E-state index in [0.29, 0.717) is 5.82 Å². The van der Waals surface area contributed by atoms with Crippen molar-refractivity contribution < 1.29 is 4.42 Å². The van der Waals surface area contributed by atoms with E-state index in [2.05, 4.69) is 164 Å². The van der Waals surface area contributed by atoms with Gasteiger partial charge in [-0.25, -0.2) is 9.97 Å². The number of furan rings is 1. The lowest BCUT2D eigenvalue weighted by molar-refractivity contribution is 0.669. The SMILES string of the molecule is c1ccc(-c2ccc3c(c2)c2c(-c4cccc(-c5nc(-c6ccccc6)c6ccc7ccccc7c6n5)c4)ccc4oc5cccc3c5c42)cc1. The van der Waals surface area contributed by atoms with E-state index in [1.165, 1.54) is 43.4 Å². The lowest BCUT2D eigenvalue weighted by atomic mass is 9.88. The average molecular weight is 649 g/mol. The predicted octanol–water partition coefficient (Wildman–Crippen LogP) is 13.1. The topological polar surface area (TPSA) is 38.9 Å². The maximum absolute atomic E-state index is 6.50. The molecule has 3 heteroatoms. The van der Waals surface area contributed by atoms with Gasteiger partial charge in [0.2, 0.25) is 0 Å². The summed E-state index contributed by atoms with van der Waals surface area (Å²) < 4.78 is 6.50. The molecule has 0 bridgehead atoms. The molecule has 0 N–H and O–H groups in total. The van der Waals surface area contributed by atoms with Crippen LogP contribution in [0, 0.1) is 0 Å². The van der Waals surface area contributed by atoms with Crippen LogP contribution in [0.4, 0.5) is 0 Å². The Kier molecular flexibility index (Phi) is 5.96. The van der Waals surface area contributed by atoms with Crippen molar-refractivity contribution in [2.45, 2.75) is 0 Å². The summed E-state index contributed by atoms with van der Waals surface area (Å²) in [5.41, 5.74) is 10.4. The van der Waals surface area contributed by atoms with Crippen LogP contribution in [0.3, 0.4) is 0 Å². The Labute approximate surface area is 293 Å². The molecule has 11 aromatic rings. The molecule has 0 aliphatic heterocycles. The average Bonchev–Trinajstić information content (AvgIpc) is 3.60. The van der Waals surface area contributed by atoms with E-state index >= 15 is 0 Å². The third-order valence-corrected chi connectivity index (χ3v) is 10.4. The van der Waals surface area contributed by atoms with Gasteiger partial charge in [-0.3, -0.25) is 0 Å². The summed E-state index contributed by atoms with van der Waals surface area (Å²) in [5.74, 6) is 0.706. The van der Waals surface area contributed by atoms with Crippen LogP contribution in [0.1, 0.15) is 0 Å². The van der Waals surface area contributed by atoms with Crippen LogP contribution in [0.15, 0.2) is 174 Å². The fraction of sp³-hybridized carbons (Fsp3) is 0. The normalized spacial score (nSPS) is 11.9. The van der Waals surface area contributed by atoms with Crippen LogP contribution in [0.2, 0.25) is 0 Å². The van der Waals surface area contributed by atoms with Crippen molar-refractivity contribution in [1.82, 2.24) is 9.97 Å². The molecule has 11 rings (SSSR count). The second-order valence-corrected chi connectivity index (χ2v) is 13.3. The van der Waals surface area contributed by atoms with Crippen molar-refractivity contribution in [2.24, 2.45) is 0 Å². The summed E-state index contributed by atoms with van der Waals surface area (Å²) >= 11 is 0. The van der Waals surface area contributed by atoms with Gasteiger partial charge < -0.3 is 4.42 Å². The first-order chi connectivity index (χ1) is 25.3. The minimum atomic E-state index is 0.706. The smallest absolute Gasteiger partial charge is 0.160 e. The van der Waals surface area contributed by atoms with Crippen molar-refractivity contribution in [1.29, 1.82) is 0 Å². The lowest BCUT2D eigenvalue weighted by Gasteiger charge is -2.15. The number of benzene rings is 9. The van der Waals surface area contributed by atoms with Crippen LogP contribution in [-0.2, 0) is 0 Å². The molecule has 0 spiro atoms. The first kappa shape index (κ1) is 28.0. The van der Waals surface area contributed by atoms with Gasteiger partial charge in [-0.1, -0.05) is 140 Å². The molecule has 9 aromatic carbocycles. The molecule has 0 aliphatic carbocycles. The van der Waals surface area contributed by atoms with Crippen LogP contribution < -0.4 is 0 Å². The highest BCUT2D eigenvalue weighted by Crippen LogP contribution is 2.47. The zero-order valence-corrected chi connectivity index (χ0v) is 27.5. The van der Waals surface area contributed by atoms with Gasteiger partial charge in [0.05, 0.1) is 11.2 Å². The molecule has 3 nitrogen and oxygen atoms in total. The molecule has 0 saturated heterocycles. The van der Waals surface area contributed by atoms with E-state index < -0.39 is 0 Å². The first-order valence-electron chi connectivity index (χ1n) is 17.3. The molecule has 0 amide bonds. The van der Waals surface area contributed by atoms with Gasteiger partial charge >= 0.3 is 0 Å². The molecular weight excluding hydrogens is 621 g/mol. The van der Waals surface area contributed by atoms with E-state index in [0.717, 1.165) is 60.8 Å². The van der Waals surface area contributed by atoms with Crippen LogP contribution >= 0.6 is 0 Å². The van der Waals surface area contributed by atoms with Gasteiger partial charge in [0.1, 0.15) is 11.2 Å². The summed E-state index contributed by atoms with van der Waals surface area (Å²) in [4.78, 5) is 10.6. The highest BCUT2D eigenvalue weighted by atomic mass is 16.3. The van der Waals surface area contributed by atoms with Crippen LogP contribution in [-0.4, -0.2) is 9.97 Å². The second-order valence-electron chi connectivity index (χ2n) is 13.3. The highest BCUT2D eigenvalue weighted by Gasteiger charge is 2.21. The van der Waals surface area contributed by atoms with Crippen LogP contribution in [0.25, 0.3) is 110 Å². The van der Waals surface area contributed by atoms with E-state index in [9.17, 15) is 0 Å². The van der Waals surface area contributed by atoms with E-state index in [4.69, 9.17) is 14.4 Å². The van der Waals surface area contributed by atoms with E-state index in [-0.39, 0.29) is 0 Å². The van der Waals surface area contributed by atoms with Gasteiger partial charge in [0, 0.05) is 38.1 Å². The Hall–Kier alpha value is -6.84. The summed E-state index contributed by atoms with van der Waals surface area (Å²) in [6, 6.07) is 60.2. The minimum Gasteiger partial charge on any atom is -0.456 e. The maximum atomic E-state index is 6.50. The molecule has 0 unspecified atom stereocenters.